The molecule has 0 spiro atoms. The molecule has 2 N–H and O–H groups in total. The van der Waals surface area contributed by atoms with E-state index in [1.165, 1.54) is 31.2 Å². The first kappa shape index (κ1) is 23.1. The summed E-state index contributed by atoms with van der Waals surface area (Å²) in [5, 5.41) is 7.08. The summed E-state index contributed by atoms with van der Waals surface area (Å²) in [7, 11) is 0. The Morgan fingerprint density at radius 3 is 2.60 bits per heavy atom. The number of halogens is 1. The molecule has 2 heterocycles. The number of furan rings is 1. The van der Waals surface area contributed by atoms with Crippen LogP contribution in [0.4, 0.5) is 0 Å². The monoisotopic (exact) mass is 523 g/mol. The molecule has 1 aromatic carbocycles. The Labute approximate surface area is 197 Å². The predicted octanol–water partition coefficient (Wildman–Crippen LogP) is 4.52. The van der Waals surface area contributed by atoms with E-state index < -0.39 is 0 Å². The van der Waals surface area contributed by atoms with Gasteiger partial charge in [-0.3, -0.25) is 4.99 Å². The van der Waals surface area contributed by atoms with Crippen LogP contribution in [0.15, 0.2) is 58.1 Å². The average Bonchev–Trinajstić information content (AvgIpc) is 3.54. The minimum absolute atomic E-state index is 0. The van der Waals surface area contributed by atoms with Crippen molar-refractivity contribution < 1.29 is 9.15 Å². The second-order valence-electron chi connectivity index (χ2n) is 8.38. The third-order valence-electron chi connectivity index (χ3n) is 6.31. The van der Waals surface area contributed by atoms with Crippen LogP contribution < -0.4 is 10.6 Å². The molecule has 30 heavy (non-hydrogen) atoms. The molecular weight excluding hydrogens is 489 g/mol. The van der Waals surface area contributed by atoms with Crippen molar-refractivity contribution >= 4 is 29.9 Å². The lowest BCUT2D eigenvalue weighted by Crippen LogP contribution is -2.42. The van der Waals surface area contributed by atoms with Gasteiger partial charge in [-0.2, -0.15) is 0 Å². The SMILES string of the molecule is I.c1ccc(C2(CN=C(NCCc3ccco3)NCC3CCOC3)CCCC2)cc1. The summed E-state index contributed by atoms with van der Waals surface area (Å²) >= 11 is 0. The summed E-state index contributed by atoms with van der Waals surface area (Å²) in [6.45, 7) is 4.26. The minimum Gasteiger partial charge on any atom is -0.469 e. The lowest BCUT2D eigenvalue weighted by molar-refractivity contribution is 0.186. The van der Waals surface area contributed by atoms with E-state index in [2.05, 4.69) is 41.0 Å². The number of hydrogen-bond donors (Lipinski definition) is 2. The van der Waals surface area contributed by atoms with Gasteiger partial charge in [-0.05, 0) is 37.0 Å². The van der Waals surface area contributed by atoms with Crippen LogP contribution in [-0.4, -0.2) is 38.8 Å². The van der Waals surface area contributed by atoms with E-state index in [9.17, 15) is 0 Å². The highest BCUT2D eigenvalue weighted by Gasteiger charge is 2.35. The van der Waals surface area contributed by atoms with Crippen LogP contribution in [-0.2, 0) is 16.6 Å². The molecule has 1 aliphatic heterocycles. The third kappa shape index (κ3) is 6.23. The molecule has 6 heteroatoms. The fourth-order valence-corrected chi connectivity index (χ4v) is 4.53. The maximum atomic E-state index is 5.52. The molecule has 1 saturated heterocycles. The standard InChI is InChI=1S/C24H33N3O2.HI/c1-2-7-21(8-3-1)24(12-4-5-13-24)19-27-23(26-17-20-11-16-28-18-20)25-14-10-22-9-6-15-29-22;/h1-3,6-9,15,20H,4-5,10-14,16-19H2,(H2,25,26,27);1H. The van der Waals surface area contributed by atoms with Crippen molar-refractivity contribution in [1.29, 1.82) is 0 Å². The van der Waals surface area contributed by atoms with Crippen molar-refractivity contribution in [3.05, 3.63) is 60.1 Å². The van der Waals surface area contributed by atoms with Gasteiger partial charge in [0.1, 0.15) is 5.76 Å². The van der Waals surface area contributed by atoms with Crippen LogP contribution in [0, 0.1) is 5.92 Å². The normalized spacial score (nSPS) is 20.7. The third-order valence-corrected chi connectivity index (χ3v) is 6.31. The Hall–Kier alpha value is -1.54. The molecule has 1 aliphatic carbocycles. The van der Waals surface area contributed by atoms with Crippen molar-refractivity contribution in [2.75, 3.05) is 32.8 Å². The number of aliphatic imine (C=N–C) groups is 1. The van der Waals surface area contributed by atoms with Crippen LogP contribution in [0.3, 0.4) is 0 Å². The van der Waals surface area contributed by atoms with Gasteiger partial charge in [0.15, 0.2) is 5.96 Å². The topological polar surface area (TPSA) is 58.8 Å². The molecule has 2 fully saturated rings. The first-order chi connectivity index (χ1) is 14.3. The van der Waals surface area contributed by atoms with Crippen molar-refractivity contribution in [3.63, 3.8) is 0 Å². The Morgan fingerprint density at radius 1 is 1.07 bits per heavy atom. The first-order valence-electron chi connectivity index (χ1n) is 11.0. The van der Waals surface area contributed by atoms with Crippen LogP contribution in [0.5, 0.6) is 0 Å². The summed E-state index contributed by atoms with van der Waals surface area (Å²) in [6.07, 6.45) is 8.72. The zero-order valence-electron chi connectivity index (χ0n) is 17.6. The van der Waals surface area contributed by atoms with E-state index in [-0.39, 0.29) is 29.4 Å². The fraction of sp³-hybridized carbons (Fsp3) is 0.542. The Bertz CT molecular complexity index is 752. The number of guanidine groups is 1. The Morgan fingerprint density at radius 2 is 1.90 bits per heavy atom. The quantitative estimate of drug-likeness (QED) is 0.304. The van der Waals surface area contributed by atoms with Crippen LogP contribution >= 0.6 is 24.0 Å². The average molecular weight is 523 g/mol. The van der Waals surface area contributed by atoms with Gasteiger partial charge in [0.25, 0.3) is 0 Å². The molecule has 0 amide bonds. The van der Waals surface area contributed by atoms with Crippen LogP contribution in [0.2, 0.25) is 0 Å². The number of rotatable bonds is 8. The van der Waals surface area contributed by atoms with E-state index in [1.54, 1.807) is 6.26 Å². The molecule has 2 aliphatic rings. The zero-order chi connectivity index (χ0) is 19.8. The molecule has 1 saturated carbocycles. The number of hydrogen-bond acceptors (Lipinski definition) is 3. The molecule has 4 rings (SSSR count). The molecule has 5 nitrogen and oxygen atoms in total. The Balaban J connectivity index is 0.00000256. The van der Waals surface area contributed by atoms with Gasteiger partial charge in [0.2, 0.25) is 0 Å². The number of nitrogens with one attached hydrogen (secondary N) is 2. The van der Waals surface area contributed by atoms with Crippen molar-refractivity contribution in [2.45, 2.75) is 43.9 Å². The molecule has 1 unspecified atom stereocenters. The molecule has 0 radical (unpaired) electrons. The number of benzene rings is 1. The van der Waals surface area contributed by atoms with E-state index in [0.717, 1.165) is 57.4 Å². The summed E-state index contributed by atoms with van der Waals surface area (Å²) in [4.78, 5) is 5.06. The number of ether oxygens (including phenoxy) is 1. The maximum Gasteiger partial charge on any atom is 0.191 e. The molecule has 0 bridgehead atoms. The smallest absolute Gasteiger partial charge is 0.191 e. The fourth-order valence-electron chi connectivity index (χ4n) is 4.53. The lowest BCUT2D eigenvalue weighted by atomic mass is 9.79. The highest BCUT2D eigenvalue weighted by Crippen LogP contribution is 2.41. The molecule has 1 aromatic heterocycles. The van der Waals surface area contributed by atoms with Crippen LogP contribution in [0.1, 0.15) is 43.4 Å². The van der Waals surface area contributed by atoms with Gasteiger partial charge in [-0.25, -0.2) is 0 Å². The summed E-state index contributed by atoms with van der Waals surface area (Å²) in [5.74, 6) is 2.48. The summed E-state index contributed by atoms with van der Waals surface area (Å²) in [6, 6.07) is 14.9. The molecule has 164 valence electrons. The van der Waals surface area contributed by atoms with Gasteiger partial charge in [0, 0.05) is 37.5 Å². The van der Waals surface area contributed by atoms with Gasteiger partial charge in [0.05, 0.1) is 19.4 Å². The first-order valence-corrected chi connectivity index (χ1v) is 11.0. The van der Waals surface area contributed by atoms with Crippen molar-refractivity contribution in [3.8, 4) is 0 Å². The van der Waals surface area contributed by atoms with E-state index in [1.807, 2.05) is 12.1 Å². The van der Waals surface area contributed by atoms with Crippen LogP contribution in [0.25, 0.3) is 0 Å². The lowest BCUT2D eigenvalue weighted by Gasteiger charge is -2.28. The number of nitrogens with zero attached hydrogens (tertiary/aromatic N) is 1. The van der Waals surface area contributed by atoms with E-state index in [4.69, 9.17) is 14.1 Å². The Kier molecular flexibility index (Phi) is 9.05. The largest absolute Gasteiger partial charge is 0.469 e. The summed E-state index contributed by atoms with van der Waals surface area (Å²) in [5.41, 5.74) is 1.60. The zero-order valence-corrected chi connectivity index (χ0v) is 20.0. The second-order valence-corrected chi connectivity index (χ2v) is 8.38. The minimum atomic E-state index is 0. The molecule has 1 atom stereocenters. The maximum absolute atomic E-state index is 5.52. The predicted molar refractivity (Wildman–Crippen MR) is 132 cm³/mol. The second kappa shape index (κ2) is 11.7. The summed E-state index contributed by atoms with van der Waals surface area (Å²) < 4.78 is 11.0. The highest BCUT2D eigenvalue weighted by atomic mass is 127. The van der Waals surface area contributed by atoms with Crippen molar-refractivity contribution in [2.24, 2.45) is 10.9 Å². The van der Waals surface area contributed by atoms with Crippen molar-refractivity contribution in [1.82, 2.24) is 10.6 Å². The van der Waals surface area contributed by atoms with Gasteiger partial charge >= 0.3 is 0 Å². The van der Waals surface area contributed by atoms with E-state index >= 15 is 0 Å². The highest BCUT2D eigenvalue weighted by molar-refractivity contribution is 14.0. The van der Waals surface area contributed by atoms with Gasteiger partial charge in [-0.1, -0.05) is 43.2 Å². The molecular formula is C24H34IN3O2. The van der Waals surface area contributed by atoms with Gasteiger partial charge in [-0.15, -0.1) is 24.0 Å². The van der Waals surface area contributed by atoms with E-state index in [0.29, 0.717) is 5.92 Å². The van der Waals surface area contributed by atoms with Gasteiger partial charge < -0.3 is 19.8 Å². The molecule has 2 aromatic rings.